The minimum absolute atomic E-state index is 0.00387. The summed E-state index contributed by atoms with van der Waals surface area (Å²) in [4.78, 5) is 28.1. The highest BCUT2D eigenvalue weighted by atomic mass is 28.4. The van der Waals surface area contributed by atoms with Crippen molar-refractivity contribution in [3.8, 4) is 0 Å². The molecule has 0 radical (unpaired) electrons. The first-order valence-electron chi connectivity index (χ1n) is 18.6. The Morgan fingerprint density at radius 3 is 2.24 bits per heavy atom. The maximum absolute atomic E-state index is 13.0. The molecule has 3 N–H and O–H groups in total. The minimum atomic E-state index is -2.55. The predicted molar refractivity (Wildman–Crippen MR) is 202 cm³/mol. The van der Waals surface area contributed by atoms with Gasteiger partial charge in [0.25, 0.3) is 0 Å². The monoisotopic (exact) mass is 785 g/mol. The van der Waals surface area contributed by atoms with Gasteiger partial charge in [-0.3, -0.25) is 9.59 Å². The van der Waals surface area contributed by atoms with Crippen LogP contribution < -0.4 is 10.6 Å². The van der Waals surface area contributed by atoms with E-state index in [1.54, 1.807) is 0 Å². The zero-order valence-electron chi connectivity index (χ0n) is 32.5. The van der Waals surface area contributed by atoms with Gasteiger partial charge in [0.2, 0.25) is 11.8 Å². The van der Waals surface area contributed by atoms with Crippen molar-refractivity contribution in [3.63, 3.8) is 0 Å². The highest BCUT2D eigenvalue weighted by Gasteiger charge is 2.56. The molecule has 2 amide bonds. The van der Waals surface area contributed by atoms with E-state index in [1.807, 2.05) is 60.7 Å². The Balaban J connectivity index is 1.48. The molecule has 2 aromatic rings. The third-order valence-electron chi connectivity index (χ3n) is 10.3. The van der Waals surface area contributed by atoms with Gasteiger partial charge in [-0.05, 0) is 29.2 Å². The Morgan fingerprint density at radius 2 is 1.60 bits per heavy atom. The molecule has 55 heavy (non-hydrogen) atoms. The fraction of sp³-hybridized carbons (Fsp3) is 0.632. The number of ether oxygens (including phenoxy) is 7. The molecular formula is C38H55N5O11Si. The number of nitrogens with one attached hydrogen (secondary N) is 2. The van der Waals surface area contributed by atoms with Gasteiger partial charge in [-0.2, -0.15) is 0 Å². The van der Waals surface area contributed by atoms with Gasteiger partial charge >= 0.3 is 0 Å². The summed E-state index contributed by atoms with van der Waals surface area (Å²) in [7, 11) is -2.55. The molecule has 0 bridgehead atoms. The van der Waals surface area contributed by atoms with E-state index in [4.69, 9.17) is 43.1 Å². The van der Waals surface area contributed by atoms with Crippen LogP contribution in [0.25, 0.3) is 10.4 Å². The molecule has 3 aliphatic rings. The first-order chi connectivity index (χ1) is 26.2. The van der Waals surface area contributed by atoms with Crippen LogP contribution in [-0.4, -0.2) is 113 Å². The van der Waals surface area contributed by atoms with Crippen molar-refractivity contribution in [2.24, 2.45) is 5.11 Å². The van der Waals surface area contributed by atoms with Gasteiger partial charge in [0.05, 0.1) is 32.5 Å². The zero-order chi connectivity index (χ0) is 39.8. The van der Waals surface area contributed by atoms with Crippen LogP contribution in [0, 0.1) is 0 Å². The van der Waals surface area contributed by atoms with Crippen LogP contribution in [0.2, 0.25) is 18.1 Å². The van der Waals surface area contributed by atoms with E-state index in [1.165, 1.54) is 13.8 Å². The number of carbonyl (C=O) groups excluding carboxylic acids is 2. The Hall–Kier alpha value is -3.45. The topological polar surface area (TPSA) is 201 Å². The molecule has 2 aromatic carbocycles. The van der Waals surface area contributed by atoms with Crippen molar-refractivity contribution < 1.29 is 52.3 Å². The molecule has 3 aliphatic heterocycles. The number of hydrogen-bond donors (Lipinski definition) is 3. The van der Waals surface area contributed by atoms with E-state index in [2.05, 4.69) is 54.5 Å². The molecule has 1 unspecified atom stereocenters. The van der Waals surface area contributed by atoms with E-state index in [9.17, 15) is 14.7 Å². The molecule has 0 spiro atoms. The average Bonchev–Trinajstić information content (AvgIpc) is 3.14. The maximum atomic E-state index is 13.0. The molecule has 17 heteroatoms. The molecule has 5 rings (SSSR count). The lowest BCUT2D eigenvalue weighted by atomic mass is 9.94. The van der Waals surface area contributed by atoms with Crippen molar-refractivity contribution >= 4 is 20.1 Å². The highest BCUT2D eigenvalue weighted by molar-refractivity contribution is 6.74. The van der Waals surface area contributed by atoms with Gasteiger partial charge in [-0.15, -0.1) is 0 Å². The number of nitrogens with zero attached hydrogens (tertiary/aromatic N) is 3. The first-order valence-corrected chi connectivity index (χ1v) is 21.5. The number of aliphatic hydroxyl groups excluding tert-OH is 1. The normalized spacial score (nSPS) is 31.1. The van der Waals surface area contributed by atoms with Gasteiger partial charge < -0.3 is 53.3 Å². The van der Waals surface area contributed by atoms with E-state index >= 15 is 0 Å². The van der Waals surface area contributed by atoms with Crippen molar-refractivity contribution in [2.75, 3.05) is 26.4 Å². The number of benzene rings is 2. The number of fused-ring (bicyclic) bond motifs is 1. The molecule has 3 heterocycles. The average molecular weight is 786 g/mol. The molecule has 16 nitrogen and oxygen atoms in total. The molecule has 3 saturated heterocycles. The van der Waals surface area contributed by atoms with Gasteiger partial charge in [0, 0.05) is 30.9 Å². The molecule has 3 fully saturated rings. The fourth-order valence-electron chi connectivity index (χ4n) is 6.54. The minimum Gasteiger partial charge on any atom is -0.409 e. The smallest absolute Gasteiger partial charge is 0.217 e. The molecule has 0 aromatic heterocycles. The Bertz CT molecular complexity index is 1600. The number of carbonyl (C=O) groups is 2. The van der Waals surface area contributed by atoms with E-state index < -0.39 is 81.8 Å². The maximum Gasteiger partial charge on any atom is 0.217 e. The third kappa shape index (κ3) is 11.1. The summed E-state index contributed by atoms with van der Waals surface area (Å²) in [6.07, 6.45) is -8.78. The van der Waals surface area contributed by atoms with Crippen LogP contribution >= 0.6 is 0 Å². The van der Waals surface area contributed by atoms with Crippen molar-refractivity contribution in [3.05, 3.63) is 82.2 Å². The Kier molecular flexibility index (Phi) is 14.8. The SMILES string of the molecule is CC(=O)N[C@H]1[C@H](OCCN=[N+]=[N-])O[C@H](COCc2ccccc2)[C@@H](O[C@@H]2O[C@@H]3COC(c4ccccc4)O[C@H]3[C@H](O[Si](C)(C)C(C)(C)C)[C@H]2NC(C)=O)[C@@H]1O. The molecule has 11 atom stereocenters. The van der Waals surface area contributed by atoms with Crippen LogP contribution in [0.4, 0.5) is 0 Å². The van der Waals surface area contributed by atoms with Gasteiger partial charge in [-0.25, -0.2) is 0 Å². The zero-order valence-corrected chi connectivity index (χ0v) is 33.5. The molecule has 0 saturated carbocycles. The van der Waals surface area contributed by atoms with Crippen LogP contribution in [0.1, 0.15) is 52.0 Å². The summed E-state index contributed by atoms with van der Waals surface area (Å²) in [6, 6.07) is 17.1. The summed E-state index contributed by atoms with van der Waals surface area (Å²) in [5.41, 5.74) is 10.5. The van der Waals surface area contributed by atoms with Crippen LogP contribution in [0.3, 0.4) is 0 Å². The van der Waals surface area contributed by atoms with Crippen molar-refractivity contribution in [1.82, 2.24) is 10.6 Å². The van der Waals surface area contributed by atoms with Gasteiger partial charge in [0.1, 0.15) is 42.6 Å². The third-order valence-corrected chi connectivity index (χ3v) is 14.8. The van der Waals surface area contributed by atoms with E-state index in [-0.39, 0.29) is 43.9 Å². The summed E-state index contributed by atoms with van der Waals surface area (Å²) in [6.45, 7) is 13.6. The van der Waals surface area contributed by atoms with E-state index in [0.717, 1.165) is 11.1 Å². The summed E-state index contributed by atoms with van der Waals surface area (Å²) in [5, 5.41) is 21.1. The number of aliphatic hydroxyl groups is 1. The largest absolute Gasteiger partial charge is 0.409 e. The molecule has 302 valence electrons. The lowest BCUT2D eigenvalue weighted by molar-refractivity contribution is -0.364. The standard InChI is InChI=1S/C38H55N5O11Si/c1-23(44)41-29-31(46)32(27(50-36(29)48-19-18-40-43-39)21-47-20-25-14-10-8-11-15-25)52-37-30(42-24(2)45)34(54-55(6,7)38(3,4)5)33-28(51-37)22-49-35(53-33)26-16-12-9-13-17-26/h8-17,27-37,46H,18-22H2,1-7H3,(H,41,44)(H,42,45)/t27-,28-,29-,30-,31-,32-,33-,34-,35?,36-,37+/m1/s1. The Labute approximate surface area is 323 Å². The number of azide groups is 1. The molecule has 0 aliphatic carbocycles. The summed E-state index contributed by atoms with van der Waals surface area (Å²) >= 11 is 0. The predicted octanol–water partition coefficient (Wildman–Crippen LogP) is 4.24. The summed E-state index contributed by atoms with van der Waals surface area (Å²) in [5.74, 6) is -0.807. The summed E-state index contributed by atoms with van der Waals surface area (Å²) < 4.78 is 51.6. The van der Waals surface area contributed by atoms with Crippen LogP contribution in [0.5, 0.6) is 0 Å². The number of amides is 2. The Morgan fingerprint density at radius 1 is 0.945 bits per heavy atom. The molecular weight excluding hydrogens is 731 g/mol. The first kappa shape index (κ1) is 42.7. The lowest BCUT2D eigenvalue weighted by Crippen LogP contribution is -2.71. The van der Waals surface area contributed by atoms with Gasteiger partial charge in [-0.1, -0.05) is 86.5 Å². The highest BCUT2D eigenvalue weighted by Crippen LogP contribution is 2.43. The fourth-order valence-corrected chi connectivity index (χ4v) is 7.86. The number of rotatable bonds is 15. The van der Waals surface area contributed by atoms with Crippen LogP contribution in [-0.2, 0) is 53.8 Å². The van der Waals surface area contributed by atoms with Gasteiger partial charge in [0.15, 0.2) is 27.2 Å². The lowest BCUT2D eigenvalue weighted by Gasteiger charge is -2.53. The number of hydrogen-bond acceptors (Lipinski definition) is 12. The quantitative estimate of drug-likeness (QED) is 0.0767. The van der Waals surface area contributed by atoms with Crippen molar-refractivity contribution in [2.45, 2.75) is 127 Å². The second-order valence-electron chi connectivity index (χ2n) is 15.5. The van der Waals surface area contributed by atoms with Crippen molar-refractivity contribution in [1.29, 1.82) is 0 Å². The van der Waals surface area contributed by atoms with Crippen LogP contribution in [0.15, 0.2) is 65.8 Å². The van der Waals surface area contributed by atoms with E-state index in [0.29, 0.717) is 0 Å². The second-order valence-corrected chi connectivity index (χ2v) is 20.2. The second kappa shape index (κ2) is 19.1.